The number of benzene rings is 1. The van der Waals surface area contributed by atoms with Crippen molar-refractivity contribution < 1.29 is 19.1 Å². The molecule has 0 aliphatic carbocycles. The maximum absolute atomic E-state index is 12.3. The van der Waals surface area contributed by atoms with Crippen LogP contribution in [0.5, 0.6) is 0 Å². The van der Waals surface area contributed by atoms with E-state index in [1.165, 1.54) is 0 Å². The van der Waals surface area contributed by atoms with Gasteiger partial charge in [0.05, 0.1) is 24.3 Å². The maximum Gasteiger partial charge on any atom is 0.338 e. The summed E-state index contributed by atoms with van der Waals surface area (Å²) >= 11 is 0. The van der Waals surface area contributed by atoms with Crippen LogP contribution in [0.4, 0.5) is 0 Å². The summed E-state index contributed by atoms with van der Waals surface area (Å²) in [6, 6.07) is 6.59. The highest BCUT2D eigenvalue weighted by Gasteiger charge is 2.18. The first-order chi connectivity index (χ1) is 13.8. The van der Waals surface area contributed by atoms with Gasteiger partial charge in [0.2, 0.25) is 0 Å². The molecular formula is C26H42O4. The Labute approximate surface area is 183 Å². The van der Waals surface area contributed by atoms with Gasteiger partial charge < -0.3 is 9.47 Å². The third-order valence-corrected chi connectivity index (χ3v) is 4.94. The normalized spacial score (nSPS) is 14.1. The third kappa shape index (κ3) is 11.4. The number of carbonyl (C=O) groups excluding carboxylic acids is 2. The van der Waals surface area contributed by atoms with E-state index in [2.05, 4.69) is 55.4 Å². The highest BCUT2D eigenvalue weighted by Crippen LogP contribution is 2.26. The van der Waals surface area contributed by atoms with Gasteiger partial charge in [-0.3, -0.25) is 0 Å². The molecule has 0 amide bonds. The lowest BCUT2D eigenvalue weighted by Gasteiger charge is -2.23. The molecule has 30 heavy (non-hydrogen) atoms. The summed E-state index contributed by atoms with van der Waals surface area (Å²) in [6.45, 7) is 18.4. The van der Waals surface area contributed by atoms with E-state index in [9.17, 15) is 9.59 Å². The van der Waals surface area contributed by atoms with Crippen LogP contribution in [0, 0.1) is 22.7 Å². The van der Waals surface area contributed by atoms with E-state index in [0.717, 1.165) is 25.7 Å². The van der Waals surface area contributed by atoms with Crippen molar-refractivity contribution in [2.24, 2.45) is 22.7 Å². The average molecular weight is 419 g/mol. The van der Waals surface area contributed by atoms with E-state index in [1.54, 1.807) is 24.3 Å². The molecular weight excluding hydrogens is 376 g/mol. The van der Waals surface area contributed by atoms with E-state index >= 15 is 0 Å². The van der Waals surface area contributed by atoms with Crippen molar-refractivity contribution in [3.8, 4) is 0 Å². The smallest absolute Gasteiger partial charge is 0.338 e. The molecule has 2 unspecified atom stereocenters. The lowest BCUT2D eigenvalue weighted by atomic mass is 9.84. The second-order valence-electron chi connectivity index (χ2n) is 11.2. The Morgan fingerprint density at radius 2 is 1.13 bits per heavy atom. The fraction of sp³-hybridized carbons (Fsp3) is 0.692. The van der Waals surface area contributed by atoms with Gasteiger partial charge in [-0.2, -0.15) is 0 Å². The number of esters is 2. The van der Waals surface area contributed by atoms with Crippen molar-refractivity contribution in [2.45, 2.75) is 81.1 Å². The van der Waals surface area contributed by atoms with Crippen molar-refractivity contribution in [3.63, 3.8) is 0 Å². The number of rotatable bonds is 10. The van der Waals surface area contributed by atoms with Gasteiger partial charge in [-0.15, -0.1) is 0 Å². The van der Waals surface area contributed by atoms with Gasteiger partial charge in [0.1, 0.15) is 0 Å². The Morgan fingerprint density at radius 3 is 1.47 bits per heavy atom. The number of carbonyl (C=O) groups is 2. The van der Waals surface area contributed by atoms with Crippen LogP contribution in [-0.2, 0) is 9.47 Å². The van der Waals surface area contributed by atoms with Crippen molar-refractivity contribution in [1.29, 1.82) is 0 Å². The van der Waals surface area contributed by atoms with Crippen LogP contribution in [-0.4, -0.2) is 25.2 Å². The monoisotopic (exact) mass is 418 g/mol. The fourth-order valence-corrected chi connectivity index (χ4v) is 3.94. The van der Waals surface area contributed by atoms with Crippen molar-refractivity contribution in [2.75, 3.05) is 13.2 Å². The zero-order valence-corrected chi connectivity index (χ0v) is 20.3. The van der Waals surface area contributed by atoms with Crippen LogP contribution in [0.15, 0.2) is 24.3 Å². The molecule has 0 heterocycles. The van der Waals surface area contributed by atoms with Crippen LogP contribution in [0.2, 0.25) is 0 Å². The zero-order valence-electron chi connectivity index (χ0n) is 20.3. The van der Waals surface area contributed by atoms with Crippen molar-refractivity contribution in [3.05, 3.63) is 35.4 Å². The molecule has 0 radical (unpaired) electrons. The van der Waals surface area contributed by atoms with Crippen LogP contribution in [0.25, 0.3) is 0 Å². The second-order valence-corrected chi connectivity index (χ2v) is 11.2. The fourth-order valence-electron chi connectivity index (χ4n) is 3.94. The van der Waals surface area contributed by atoms with E-state index < -0.39 is 11.9 Å². The van der Waals surface area contributed by atoms with Gasteiger partial charge in [-0.1, -0.05) is 61.5 Å². The van der Waals surface area contributed by atoms with Crippen molar-refractivity contribution in [1.82, 2.24) is 0 Å². The molecule has 0 aliphatic heterocycles. The van der Waals surface area contributed by atoms with E-state index in [4.69, 9.17) is 9.47 Å². The van der Waals surface area contributed by atoms with Crippen molar-refractivity contribution >= 4 is 11.9 Å². The molecule has 1 aromatic carbocycles. The Morgan fingerprint density at radius 1 is 0.767 bits per heavy atom. The second kappa shape index (κ2) is 11.5. The van der Waals surface area contributed by atoms with E-state index in [0.29, 0.717) is 36.2 Å². The highest BCUT2D eigenvalue weighted by molar-refractivity contribution is 5.95. The first kappa shape index (κ1) is 26.2. The molecule has 0 N–H and O–H groups in total. The Kier molecular flexibility index (Phi) is 10.1. The molecule has 0 spiro atoms. The van der Waals surface area contributed by atoms with Gasteiger partial charge in [0.15, 0.2) is 0 Å². The van der Waals surface area contributed by atoms with Gasteiger partial charge in [-0.25, -0.2) is 9.59 Å². The lowest BCUT2D eigenvalue weighted by Crippen LogP contribution is -2.15. The minimum atomic E-state index is -0.397. The molecule has 2 atom stereocenters. The first-order valence-corrected chi connectivity index (χ1v) is 11.2. The predicted molar refractivity (Wildman–Crippen MR) is 123 cm³/mol. The molecule has 0 saturated carbocycles. The number of hydrogen-bond donors (Lipinski definition) is 0. The molecule has 170 valence electrons. The van der Waals surface area contributed by atoms with Crippen LogP contribution >= 0.6 is 0 Å². The summed E-state index contributed by atoms with van der Waals surface area (Å²) in [6.07, 6.45) is 3.83. The lowest BCUT2D eigenvalue weighted by molar-refractivity contribution is 0.0478. The standard InChI is InChI=1S/C26H42O4/c1-19(17-25(3,4)5)12-14-29-23(27)21-10-9-11-22(16-21)24(28)30-15-13-20(2)18-26(6,7)8/h9-11,16,19-20H,12-15,17-18H2,1-8H3. The van der Waals surface area contributed by atoms with E-state index in [-0.39, 0.29) is 10.8 Å². The van der Waals surface area contributed by atoms with Crippen LogP contribution < -0.4 is 0 Å². The van der Waals surface area contributed by atoms with Crippen LogP contribution in [0.1, 0.15) is 102 Å². The molecule has 0 saturated heterocycles. The summed E-state index contributed by atoms with van der Waals surface area (Å²) in [5.41, 5.74) is 1.30. The molecule has 1 aromatic rings. The van der Waals surface area contributed by atoms with Gasteiger partial charge >= 0.3 is 11.9 Å². The Bertz CT molecular complexity index is 624. The first-order valence-electron chi connectivity index (χ1n) is 11.2. The summed E-state index contributed by atoms with van der Waals surface area (Å²) in [4.78, 5) is 24.7. The predicted octanol–water partition coefficient (Wildman–Crippen LogP) is 6.93. The summed E-state index contributed by atoms with van der Waals surface area (Å²) in [5, 5.41) is 0. The largest absolute Gasteiger partial charge is 0.462 e. The molecule has 0 aromatic heterocycles. The third-order valence-electron chi connectivity index (χ3n) is 4.94. The minimum absolute atomic E-state index is 0.267. The highest BCUT2D eigenvalue weighted by atomic mass is 16.5. The number of hydrogen-bond acceptors (Lipinski definition) is 4. The van der Waals surface area contributed by atoms with E-state index in [1.807, 2.05) is 0 Å². The summed E-state index contributed by atoms with van der Waals surface area (Å²) in [5.74, 6) is 0.178. The maximum atomic E-state index is 12.3. The van der Waals surface area contributed by atoms with Gasteiger partial charge in [0.25, 0.3) is 0 Å². The Hall–Kier alpha value is -1.84. The molecule has 0 bridgehead atoms. The molecule has 0 fully saturated rings. The SMILES string of the molecule is CC(CCOC(=O)c1cccc(C(=O)OCCC(C)CC(C)(C)C)c1)CC(C)(C)C. The Balaban J connectivity index is 2.49. The molecule has 1 rings (SSSR count). The average Bonchev–Trinajstić information content (AvgIpc) is 2.58. The van der Waals surface area contributed by atoms with Gasteiger partial charge in [-0.05, 0) is 66.5 Å². The summed E-state index contributed by atoms with van der Waals surface area (Å²) < 4.78 is 10.8. The minimum Gasteiger partial charge on any atom is -0.462 e. The topological polar surface area (TPSA) is 52.6 Å². The molecule has 4 nitrogen and oxygen atoms in total. The quantitative estimate of drug-likeness (QED) is 0.387. The van der Waals surface area contributed by atoms with Crippen LogP contribution in [0.3, 0.4) is 0 Å². The molecule has 4 heteroatoms. The zero-order chi connectivity index (χ0) is 22.9. The summed E-state index contributed by atoms with van der Waals surface area (Å²) in [7, 11) is 0. The number of ether oxygens (including phenoxy) is 2. The molecule has 0 aliphatic rings. The van der Waals surface area contributed by atoms with Gasteiger partial charge in [0, 0.05) is 0 Å².